The first-order chi connectivity index (χ1) is 9.14. The van der Waals surface area contributed by atoms with Gasteiger partial charge in [-0.3, -0.25) is 0 Å². The van der Waals surface area contributed by atoms with Crippen molar-refractivity contribution in [2.24, 2.45) is 0 Å². The van der Waals surface area contributed by atoms with Crippen molar-refractivity contribution in [2.75, 3.05) is 26.2 Å². The first-order valence-electron chi connectivity index (χ1n) is 7.15. The molecule has 2 rings (SSSR count). The molecule has 0 atom stereocenters. The molecule has 0 bridgehead atoms. The van der Waals surface area contributed by atoms with Gasteiger partial charge in [-0.25, -0.2) is 9.59 Å². The quantitative estimate of drug-likeness (QED) is 0.692. The molecular weight excluding hydrogens is 246 g/mol. The lowest BCUT2D eigenvalue weighted by molar-refractivity contribution is -0.146. The molecule has 19 heavy (non-hydrogen) atoms. The molecule has 3 N–H and O–H groups in total. The lowest BCUT2D eigenvalue weighted by Crippen LogP contribution is -2.59. The van der Waals surface area contributed by atoms with E-state index in [-0.39, 0.29) is 6.03 Å². The number of nitrogens with zero attached hydrogens (tertiary/aromatic N) is 1. The van der Waals surface area contributed by atoms with Gasteiger partial charge in [-0.15, -0.1) is 0 Å². The van der Waals surface area contributed by atoms with E-state index in [9.17, 15) is 14.7 Å². The van der Waals surface area contributed by atoms with Crippen LogP contribution in [0.4, 0.5) is 4.79 Å². The molecule has 0 spiro atoms. The summed E-state index contributed by atoms with van der Waals surface area (Å²) in [6, 6.07) is -0.229. The van der Waals surface area contributed by atoms with Gasteiger partial charge in [0.05, 0.1) is 0 Å². The fourth-order valence-corrected chi connectivity index (χ4v) is 2.88. The van der Waals surface area contributed by atoms with Gasteiger partial charge in [0, 0.05) is 19.6 Å². The third-order valence-corrected chi connectivity index (χ3v) is 4.09. The number of nitrogens with one attached hydrogen (secondary N) is 2. The molecule has 6 nitrogen and oxygen atoms in total. The lowest BCUT2D eigenvalue weighted by atomic mass is 9.82. The molecule has 2 aliphatic rings. The second kappa shape index (κ2) is 6.23. The molecule has 1 aliphatic carbocycles. The maximum Gasteiger partial charge on any atom is 0.329 e. The standard InChI is InChI=1S/C13H23N3O3/c17-11(18)13(5-2-1-3-6-13)15-12(19)16-9-4-7-14-8-10-16/h14H,1-10H2,(H,15,19)(H,17,18). The maximum absolute atomic E-state index is 12.3. The largest absolute Gasteiger partial charge is 0.480 e. The minimum Gasteiger partial charge on any atom is -0.480 e. The van der Waals surface area contributed by atoms with Crippen molar-refractivity contribution in [2.45, 2.75) is 44.1 Å². The summed E-state index contributed by atoms with van der Waals surface area (Å²) in [4.78, 5) is 25.5. The van der Waals surface area contributed by atoms with Crippen molar-refractivity contribution < 1.29 is 14.7 Å². The summed E-state index contributed by atoms with van der Waals surface area (Å²) >= 11 is 0. The van der Waals surface area contributed by atoms with Crippen molar-refractivity contribution in [3.63, 3.8) is 0 Å². The van der Waals surface area contributed by atoms with Crippen LogP contribution in [0.15, 0.2) is 0 Å². The van der Waals surface area contributed by atoms with Gasteiger partial charge in [-0.1, -0.05) is 19.3 Å². The topological polar surface area (TPSA) is 81.7 Å². The normalized spacial score (nSPS) is 23.5. The molecule has 2 fully saturated rings. The fourth-order valence-electron chi connectivity index (χ4n) is 2.88. The maximum atomic E-state index is 12.3. The molecule has 6 heteroatoms. The number of amides is 2. The SMILES string of the molecule is O=C(NC1(C(=O)O)CCCCC1)N1CCCNCC1. The Bertz CT molecular complexity index is 332. The molecule has 1 heterocycles. The average molecular weight is 269 g/mol. The van der Waals surface area contributed by atoms with Gasteiger partial charge < -0.3 is 20.6 Å². The van der Waals surface area contributed by atoms with Gasteiger partial charge >= 0.3 is 12.0 Å². The van der Waals surface area contributed by atoms with Crippen LogP contribution in [0, 0.1) is 0 Å². The molecule has 1 aliphatic heterocycles. The monoisotopic (exact) mass is 269 g/mol. The van der Waals surface area contributed by atoms with E-state index < -0.39 is 11.5 Å². The number of urea groups is 1. The number of hydrogen-bond donors (Lipinski definition) is 3. The Balaban J connectivity index is 1.99. The minimum atomic E-state index is -1.05. The minimum absolute atomic E-state index is 0.229. The van der Waals surface area contributed by atoms with Crippen LogP contribution in [-0.2, 0) is 4.79 Å². The Morgan fingerprint density at radius 1 is 1.05 bits per heavy atom. The smallest absolute Gasteiger partial charge is 0.329 e. The zero-order valence-corrected chi connectivity index (χ0v) is 11.3. The second-order valence-corrected chi connectivity index (χ2v) is 5.47. The van der Waals surface area contributed by atoms with Crippen molar-refractivity contribution in [1.29, 1.82) is 0 Å². The Labute approximate surface area is 113 Å². The van der Waals surface area contributed by atoms with Crippen LogP contribution in [-0.4, -0.2) is 53.7 Å². The highest BCUT2D eigenvalue weighted by Gasteiger charge is 2.41. The highest BCUT2D eigenvalue weighted by Crippen LogP contribution is 2.28. The number of hydrogen-bond acceptors (Lipinski definition) is 3. The van der Waals surface area contributed by atoms with Crippen LogP contribution in [0.3, 0.4) is 0 Å². The summed E-state index contributed by atoms with van der Waals surface area (Å²) in [6.07, 6.45) is 4.79. The van der Waals surface area contributed by atoms with E-state index in [0.717, 1.165) is 38.8 Å². The molecule has 0 aromatic carbocycles. The first-order valence-corrected chi connectivity index (χ1v) is 7.15. The van der Waals surface area contributed by atoms with Gasteiger partial charge in [0.15, 0.2) is 0 Å². The Kier molecular flexibility index (Phi) is 4.63. The molecule has 0 aromatic rings. The number of rotatable bonds is 2. The summed E-state index contributed by atoms with van der Waals surface area (Å²) in [5, 5.41) is 15.5. The Morgan fingerprint density at radius 3 is 2.47 bits per heavy atom. The predicted octanol–water partition coefficient (Wildman–Crippen LogP) is 0.779. The Morgan fingerprint density at radius 2 is 1.79 bits per heavy atom. The highest BCUT2D eigenvalue weighted by molar-refractivity contribution is 5.86. The van der Waals surface area contributed by atoms with Gasteiger partial charge in [0.2, 0.25) is 0 Å². The molecular formula is C13H23N3O3. The van der Waals surface area contributed by atoms with E-state index in [1.807, 2.05) is 0 Å². The van der Waals surface area contributed by atoms with Gasteiger partial charge in [-0.05, 0) is 25.8 Å². The number of carbonyl (C=O) groups excluding carboxylic acids is 1. The number of aliphatic carboxylic acids is 1. The number of carboxylic acids is 1. The third kappa shape index (κ3) is 3.37. The third-order valence-electron chi connectivity index (χ3n) is 4.09. The lowest BCUT2D eigenvalue weighted by Gasteiger charge is -2.35. The molecule has 0 aromatic heterocycles. The van der Waals surface area contributed by atoms with Crippen molar-refractivity contribution in [3.8, 4) is 0 Å². The molecule has 1 saturated heterocycles. The summed E-state index contributed by atoms with van der Waals surface area (Å²) in [5.41, 5.74) is -1.05. The van der Waals surface area contributed by atoms with E-state index in [4.69, 9.17) is 0 Å². The summed E-state index contributed by atoms with van der Waals surface area (Å²) in [6.45, 7) is 3.01. The van der Waals surface area contributed by atoms with Gasteiger partial charge in [0.25, 0.3) is 0 Å². The van der Waals surface area contributed by atoms with Crippen LogP contribution in [0.1, 0.15) is 38.5 Å². The first kappa shape index (κ1) is 14.1. The zero-order valence-electron chi connectivity index (χ0n) is 11.3. The highest BCUT2D eigenvalue weighted by atomic mass is 16.4. The van der Waals surface area contributed by atoms with E-state index in [2.05, 4.69) is 10.6 Å². The van der Waals surface area contributed by atoms with Gasteiger partial charge in [0.1, 0.15) is 5.54 Å². The zero-order chi connectivity index (χ0) is 13.7. The van der Waals surface area contributed by atoms with Crippen LogP contribution >= 0.6 is 0 Å². The van der Waals surface area contributed by atoms with Crippen LogP contribution in [0.2, 0.25) is 0 Å². The summed E-state index contributed by atoms with van der Waals surface area (Å²) in [5.74, 6) is -0.895. The van der Waals surface area contributed by atoms with E-state index in [1.165, 1.54) is 0 Å². The van der Waals surface area contributed by atoms with Crippen LogP contribution in [0.25, 0.3) is 0 Å². The van der Waals surface area contributed by atoms with Crippen molar-refractivity contribution in [3.05, 3.63) is 0 Å². The van der Waals surface area contributed by atoms with E-state index >= 15 is 0 Å². The molecule has 1 saturated carbocycles. The number of carboxylic acid groups (broad SMARTS) is 1. The number of carbonyl (C=O) groups is 2. The average Bonchev–Trinajstić information content (AvgIpc) is 2.68. The summed E-state index contributed by atoms with van der Waals surface area (Å²) < 4.78 is 0. The molecule has 2 amide bonds. The van der Waals surface area contributed by atoms with Crippen LogP contribution in [0.5, 0.6) is 0 Å². The second-order valence-electron chi connectivity index (χ2n) is 5.47. The predicted molar refractivity (Wildman–Crippen MR) is 71.0 cm³/mol. The summed E-state index contributed by atoms with van der Waals surface area (Å²) in [7, 11) is 0. The fraction of sp³-hybridized carbons (Fsp3) is 0.846. The molecule has 0 radical (unpaired) electrons. The van der Waals surface area contributed by atoms with Crippen molar-refractivity contribution >= 4 is 12.0 Å². The van der Waals surface area contributed by atoms with Gasteiger partial charge in [-0.2, -0.15) is 0 Å². The van der Waals surface area contributed by atoms with Crippen molar-refractivity contribution in [1.82, 2.24) is 15.5 Å². The van der Waals surface area contributed by atoms with Crippen LogP contribution < -0.4 is 10.6 Å². The molecule has 108 valence electrons. The molecule has 0 unspecified atom stereocenters. The van der Waals surface area contributed by atoms with E-state index in [0.29, 0.717) is 25.9 Å². The Hall–Kier alpha value is -1.30. The van der Waals surface area contributed by atoms with E-state index in [1.54, 1.807) is 4.90 Å².